The van der Waals surface area contributed by atoms with Gasteiger partial charge in [-0.05, 0) is 17.3 Å². The number of aromatic nitrogens is 4. The molecule has 18 heavy (non-hydrogen) atoms. The second-order valence-corrected chi connectivity index (χ2v) is 3.24. The van der Waals surface area contributed by atoms with Gasteiger partial charge in [0.15, 0.2) is 0 Å². The van der Waals surface area contributed by atoms with Crippen molar-refractivity contribution in [3.05, 3.63) is 42.5 Å². The van der Waals surface area contributed by atoms with E-state index in [0.29, 0.717) is 12.6 Å². The van der Waals surface area contributed by atoms with E-state index in [-0.39, 0.29) is 0 Å². The number of hydrogen-bond donors (Lipinski definition) is 2. The SMILES string of the molecule is C=CCOc1ccccc1C=NNc1nn[nH]n1. The van der Waals surface area contributed by atoms with Gasteiger partial charge in [0.2, 0.25) is 0 Å². The Morgan fingerprint density at radius 2 is 2.33 bits per heavy atom. The van der Waals surface area contributed by atoms with Gasteiger partial charge in [0.1, 0.15) is 12.4 Å². The van der Waals surface area contributed by atoms with Crippen LogP contribution in [0.5, 0.6) is 5.75 Å². The van der Waals surface area contributed by atoms with E-state index < -0.39 is 0 Å². The summed E-state index contributed by atoms with van der Waals surface area (Å²) in [4.78, 5) is 0. The maximum Gasteiger partial charge on any atom is 0.283 e. The summed E-state index contributed by atoms with van der Waals surface area (Å²) < 4.78 is 5.49. The van der Waals surface area contributed by atoms with Gasteiger partial charge in [-0.1, -0.05) is 29.9 Å². The van der Waals surface area contributed by atoms with E-state index in [4.69, 9.17) is 4.74 Å². The number of tetrazole rings is 1. The molecule has 0 saturated carbocycles. The molecule has 0 aliphatic carbocycles. The predicted molar refractivity (Wildman–Crippen MR) is 67.5 cm³/mol. The lowest BCUT2D eigenvalue weighted by Gasteiger charge is -2.05. The zero-order chi connectivity index (χ0) is 12.6. The quantitative estimate of drug-likeness (QED) is 0.453. The van der Waals surface area contributed by atoms with Crippen LogP contribution in [0.1, 0.15) is 5.56 Å². The first-order valence-corrected chi connectivity index (χ1v) is 5.25. The van der Waals surface area contributed by atoms with Crippen LogP contribution in [0.15, 0.2) is 42.0 Å². The smallest absolute Gasteiger partial charge is 0.283 e. The molecule has 1 aromatic carbocycles. The zero-order valence-corrected chi connectivity index (χ0v) is 9.58. The fourth-order valence-electron chi connectivity index (χ4n) is 1.24. The molecule has 0 bridgehead atoms. The number of para-hydroxylation sites is 1. The molecule has 1 aromatic heterocycles. The van der Waals surface area contributed by atoms with Crippen LogP contribution in [0.3, 0.4) is 0 Å². The average molecular weight is 244 g/mol. The molecular formula is C11H12N6O. The van der Waals surface area contributed by atoms with Crippen molar-refractivity contribution in [2.24, 2.45) is 5.10 Å². The van der Waals surface area contributed by atoms with Crippen LogP contribution in [0, 0.1) is 0 Å². The minimum Gasteiger partial charge on any atom is -0.489 e. The number of aromatic amines is 1. The van der Waals surface area contributed by atoms with E-state index in [1.165, 1.54) is 0 Å². The van der Waals surface area contributed by atoms with Crippen molar-refractivity contribution < 1.29 is 4.74 Å². The predicted octanol–water partition coefficient (Wildman–Crippen LogP) is 1.21. The highest BCUT2D eigenvalue weighted by Crippen LogP contribution is 2.15. The number of H-pyrrole nitrogens is 1. The van der Waals surface area contributed by atoms with Crippen molar-refractivity contribution in [3.8, 4) is 5.75 Å². The highest BCUT2D eigenvalue weighted by atomic mass is 16.5. The molecule has 2 N–H and O–H groups in total. The van der Waals surface area contributed by atoms with Crippen LogP contribution in [0.2, 0.25) is 0 Å². The van der Waals surface area contributed by atoms with Crippen molar-refractivity contribution in [2.75, 3.05) is 12.0 Å². The third kappa shape index (κ3) is 3.14. The van der Waals surface area contributed by atoms with Crippen molar-refractivity contribution in [3.63, 3.8) is 0 Å². The van der Waals surface area contributed by atoms with Crippen LogP contribution in [-0.2, 0) is 0 Å². The van der Waals surface area contributed by atoms with E-state index in [1.54, 1.807) is 12.3 Å². The van der Waals surface area contributed by atoms with Crippen LogP contribution in [0.25, 0.3) is 0 Å². The van der Waals surface area contributed by atoms with E-state index in [1.807, 2.05) is 24.3 Å². The number of rotatable bonds is 6. The lowest BCUT2D eigenvalue weighted by molar-refractivity contribution is 0.363. The van der Waals surface area contributed by atoms with Gasteiger partial charge < -0.3 is 4.74 Å². The van der Waals surface area contributed by atoms with Gasteiger partial charge in [-0.15, -0.1) is 5.10 Å². The molecule has 7 heteroatoms. The van der Waals surface area contributed by atoms with E-state index in [0.717, 1.165) is 11.3 Å². The van der Waals surface area contributed by atoms with Gasteiger partial charge in [0, 0.05) is 5.56 Å². The molecule has 7 nitrogen and oxygen atoms in total. The Balaban J connectivity index is 2.03. The molecule has 0 unspecified atom stereocenters. The number of hydrogen-bond acceptors (Lipinski definition) is 6. The van der Waals surface area contributed by atoms with Gasteiger partial charge in [0.25, 0.3) is 5.95 Å². The summed E-state index contributed by atoms with van der Waals surface area (Å²) in [5, 5.41) is 17.1. The van der Waals surface area contributed by atoms with Gasteiger partial charge in [0.05, 0.1) is 6.21 Å². The first-order valence-electron chi connectivity index (χ1n) is 5.25. The summed E-state index contributed by atoms with van der Waals surface area (Å²) in [6, 6.07) is 7.54. The summed E-state index contributed by atoms with van der Waals surface area (Å²) in [5.74, 6) is 1.03. The summed E-state index contributed by atoms with van der Waals surface area (Å²) in [6.07, 6.45) is 3.31. The molecule has 0 aliphatic rings. The molecule has 0 saturated heterocycles. The zero-order valence-electron chi connectivity index (χ0n) is 9.58. The van der Waals surface area contributed by atoms with Crippen molar-refractivity contribution in [1.82, 2.24) is 20.6 Å². The monoisotopic (exact) mass is 244 g/mol. The number of benzene rings is 1. The third-order valence-corrected chi connectivity index (χ3v) is 1.99. The van der Waals surface area contributed by atoms with E-state index >= 15 is 0 Å². The highest BCUT2D eigenvalue weighted by molar-refractivity contribution is 5.83. The standard InChI is InChI=1S/C11H12N6O/c1-2-7-18-10-6-4-3-5-9(10)8-12-13-11-14-16-17-15-11/h2-6,8H,1,7H2,(H2,13,14,15,16,17). The van der Waals surface area contributed by atoms with Crippen LogP contribution < -0.4 is 10.2 Å². The van der Waals surface area contributed by atoms with Crippen LogP contribution in [0.4, 0.5) is 5.95 Å². The highest BCUT2D eigenvalue weighted by Gasteiger charge is 1.99. The maximum absolute atomic E-state index is 5.49. The topological polar surface area (TPSA) is 88.1 Å². The number of nitrogens with zero attached hydrogens (tertiary/aromatic N) is 4. The number of ether oxygens (including phenoxy) is 1. The largest absolute Gasteiger partial charge is 0.489 e. The first kappa shape index (κ1) is 11.8. The fraction of sp³-hybridized carbons (Fsp3) is 0.0909. The molecule has 0 radical (unpaired) electrons. The van der Waals surface area contributed by atoms with Crippen molar-refractivity contribution in [1.29, 1.82) is 0 Å². The molecule has 0 spiro atoms. The second-order valence-electron chi connectivity index (χ2n) is 3.24. The van der Waals surface area contributed by atoms with Gasteiger partial charge in [-0.3, -0.25) is 0 Å². The minimum absolute atomic E-state index is 0.302. The number of nitrogens with one attached hydrogen (secondary N) is 2. The molecule has 0 amide bonds. The van der Waals surface area contributed by atoms with Crippen LogP contribution >= 0.6 is 0 Å². The Kier molecular flexibility index (Phi) is 4.02. The van der Waals surface area contributed by atoms with E-state index in [2.05, 4.69) is 37.7 Å². The van der Waals surface area contributed by atoms with Crippen molar-refractivity contribution >= 4 is 12.2 Å². The molecule has 92 valence electrons. The Morgan fingerprint density at radius 1 is 1.44 bits per heavy atom. The molecule has 0 atom stereocenters. The number of anilines is 1. The Bertz CT molecular complexity index is 522. The molecule has 1 heterocycles. The molecule has 0 fully saturated rings. The maximum atomic E-state index is 5.49. The van der Waals surface area contributed by atoms with Gasteiger partial charge in [-0.2, -0.15) is 10.3 Å². The summed E-state index contributed by atoms with van der Waals surface area (Å²) in [5.41, 5.74) is 3.48. The molecule has 2 aromatic rings. The second kappa shape index (κ2) is 6.14. The molecule has 0 aliphatic heterocycles. The van der Waals surface area contributed by atoms with Gasteiger partial charge >= 0.3 is 0 Å². The summed E-state index contributed by atoms with van der Waals surface area (Å²) >= 11 is 0. The molecular weight excluding hydrogens is 232 g/mol. The number of hydrazone groups is 1. The van der Waals surface area contributed by atoms with Gasteiger partial charge in [-0.25, -0.2) is 5.43 Å². The Labute approximate surface area is 104 Å². The Hall–Kier alpha value is -2.70. The summed E-state index contributed by atoms with van der Waals surface area (Å²) in [6.45, 7) is 4.05. The third-order valence-electron chi connectivity index (χ3n) is 1.99. The fourth-order valence-corrected chi connectivity index (χ4v) is 1.24. The normalized spacial score (nSPS) is 10.4. The Morgan fingerprint density at radius 3 is 3.11 bits per heavy atom. The first-order chi connectivity index (χ1) is 8.90. The lowest BCUT2D eigenvalue weighted by Crippen LogP contribution is -1.98. The lowest BCUT2D eigenvalue weighted by atomic mass is 10.2. The van der Waals surface area contributed by atoms with E-state index in [9.17, 15) is 0 Å². The minimum atomic E-state index is 0.302. The van der Waals surface area contributed by atoms with Crippen LogP contribution in [-0.4, -0.2) is 33.4 Å². The summed E-state index contributed by atoms with van der Waals surface area (Å²) in [7, 11) is 0. The average Bonchev–Trinajstić information content (AvgIpc) is 2.91. The van der Waals surface area contributed by atoms with Crippen molar-refractivity contribution in [2.45, 2.75) is 0 Å². The molecule has 2 rings (SSSR count).